The highest BCUT2D eigenvalue weighted by atomic mass is 16.5. The number of carbonyl (C=O) groups is 2. The van der Waals surface area contributed by atoms with Gasteiger partial charge in [0.05, 0.1) is 17.1 Å². The smallest absolute Gasteiger partial charge is 0.251 e. The third kappa shape index (κ3) is 3.57. The Morgan fingerprint density at radius 1 is 1.20 bits per heavy atom. The number of benzene rings is 2. The van der Waals surface area contributed by atoms with Crippen LogP contribution in [0.15, 0.2) is 42.5 Å². The summed E-state index contributed by atoms with van der Waals surface area (Å²) in [4.78, 5) is 31.5. The third-order valence-electron chi connectivity index (χ3n) is 5.88. The molecular formula is C23H26N4O3. The van der Waals surface area contributed by atoms with Gasteiger partial charge in [0.1, 0.15) is 12.4 Å². The topological polar surface area (TPSA) is 76.5 Å². The van der Waals surface area contributed by atoms with Crippen molar-refractivity contribution < 1.29 is 14.3 Å². The Kier molecular flexibility index (Phi) is 5.30. The van der Waals surface area contributed by atoms with Crippen LogP contribution in [0.3, 0.4) is 0 Å². The molecule has 2 aromatic carbocycles. The quantitative estimate of drug-likeness (QED) is 0.722. The number of hydrogen-bond donors (Lipinski definition) is 1. The number of rotatable bonds is 4. The minimum absolute atomic E-state index is 0.101. The van der Waals surface area contributed by atoms with Gasteiger partial charge in [-0.15, -0.1) is 0 Å². The van der Waals surface area contributed by atoms with E-state index in [1.54, 1.807) is 11.9 Å². The van der Waals surface area contributed by atoms with Crippen LogP contribution in [0.4, 0.5) is 0 Å². The standard InChI is InChI=1S/C23H26N4O3/c1-14-7-5-6-8-17(14)21-22(30-13-20(28)27(21)4)23(29)24-12-16-9-10-19-18(11-16)25-15(2)26(19)3/h5-11,21-22H,12-13H2,1-4H3,(H,24,29)/t21-,22+/m1/s1. The minimum atomic E-state index is -0.769. The molecule has 1 aliphatic rings. The molecule has 2 atom stereocenters. The fourth-order valence-electron chi connectivity index (χ4n) is 3.99. The summed E-state index contributed by atoms with van der Waals surface area (Å²) < 4.78 is 7.74. The van der Waals surface area contributed by atoms with Crippen LogP contribution >= 0.6 is 0 Å². The second kappa shape index (κ2) is 7.91. The van der Waals surface area contributed by atoms with E-state index in [4.69, 9.17) is 4.74 Å². The SMILES string of the molecule is Cc1ccccc1[C@@H]1[C@@H](C(=O)NCc2ccc3c(c2)nc(C)n3C)OCC(=O)N1C. The van der Waals surface area contributed by atoms with Crippen LogP contribution in [-0.4, -0.2) is 46.0 Å². The normalized spacial score (nSPS) is 19.3. The molecule has 7 heteroatoms. The zero-order valence-electron chi connectivity index (χ0n) is 17.7. The number of nitrogens with zero attached hydrogens (tertiary/aromatic N) is 3. The van der Waals surface area contributed by atoms with Gasteiger partial charge < -0.3 is 19.5 Å². The van der Waals surface area contributed by atoms with E-state index in [1.165, 1.54) is 0 Å². The van der Waals surface area contributed by atoms with Crippen molar-refractivity contribution in [2.45, 2.75) is 32.5 Å². The maximum Gasteiger partial charge on any atom is 0.251 e. The summed E-state index contributed by atoms with van der Waals surface area (Å²) in [6, 6.07) is 13.3. The molecule has 4 rings (SSSR count). The van der Waals surface area contributed by atoms with Crippen LogP contribution in [-0.2, 0) is 27.9 Å². The first-order chi connectivity index (χ1) is 14.4. The predicted octanol–water partition coefficient (Wildman–Crippen LogP) is 2.40. The number of fused-ring (bicyclic) bond motifs is 1. The molecular weight excluding hydrogens is 380 g/mol. The highest BCUT2D eigenvalue weighted by molar-refractivity contribution is 5.86. The molecule has 0 unspecified atom stereocenters. The Balaban J connectivity index is 1.54. The lowest BCUT2D eigenvalue weighted by Crippen LogP contribution is -2.53. The van der Waals surface area contributed by atoms with Crippen molar-refractivity contribution >= 4 is 22.8 Å². The summed E-state index contributed by atoms with van der Waals surface area (Å²) in [5.74, 6) is 0.568. The molecule has 3 aromatic rings. The number of imidazole rings is 1. The lowest BCUT2D eigenvalue weighted by atomic mass is 9.94. The van der Waals surface area contributed by atoms with E-state index in [0.29, 0.717) is 6.54 Å². The van der Waals surface area contributed by atoms with Gasteiger partial charge in [-0.2, -0.15) is 0 Å². The molecule has 1 N–H and O–H groups in total. The van der Waals surface area contributed by atoms with Gasteiger partial charge in [-0.05, 0) is 42.7 Å². The average Bonchev–Trinajstić information content (AvgIpc) is 3.02. The molecule has 0 spiro atoms. The van der Waals surface area contributed by atoms with Crippen LogP contribution < -0.4 is 5.32 Å². The van der Waals surface area contributed by atoms with E-state index < -0.39 is 12.1 Å². The van der Waals surface area contributed by atoms with Crippen molar-refractivity contribution in [3.05, 3.63) is 65.0 Å². The zero-order valence-corrected chi connectivity index (χ0v) is 17.7. The van der Waals surface area contributed by atoms with Crippen LogP contribution in [0, 0.1) is 13.8 Å². The fraction of sp³-hybridized carbons (Fsp3) is 0.348. The summed E-state index contributed by atoms with van der Waals surface area (Å²) in [7, 11) is 3.70. The highest BCUT2D eigenvalue weighted by Crippen LogP contribution is 2.31. The number of amides is 2. The summed E-state index contributed by atoms with van der Waals surface area (Å²) >= 11 is 0. The zero-order chi connectivity index (χ0) is 21.4. The second-order valence-electron chi connectivity index (χ2n) is 7.80. The van der Waals surface area contributed by atoms with Gasteiger partial charge in [0.2, 0.25) is 5.91 Å². The Morgan fingerprint density at radius 2 is 1.97 bits per heavy atom. The monoisotopic (exact) mass is 406 g/mol. The van der Waals surface area contributed by atoms with Gasteiger partial charge >= 0.3 is 0 Å². The molecule has 2 amide bonds. The Morgan fingerprint density at radius 3 is 2.73 bits per heavy atom. The molecule has 0 bridgehead atoms. The van der Waals surface area contributed by atoms with Gasteiger partial charge in [0.15, 0.2) is 6.10 Å². The molecule has 0 saturated carbocycles. The van der Waals surface area contributed by atoms with E-state index in [1.807, 2.05) is 67.9 Å². The molecule has 1 aliphatic heterocycles. The molecule has 1 fully saturated rings. The first-order valence-electron chi connectivity index (χ1n) is 9.99. The van der Waals surface area contributed by atoms with Gasteiger partial charge in [-0.3, -0.25) is 9.59 Å². The molecule has 7 nitrogen and oxygen atoms in total. The number of aromatic nitrogens is 2. The fourth-order valence-corrected chi connectivity index (χ4v) is 3.99. The Labute approximate surface area is 175 Å². The molecule has 0 radical (unpaired) electrons. The number of ether oxygens (including phenoxy) is 1. The summed E-state index contributed by atoms with van der Waals surface area (Å²) in [5.41, 5.74) is 4.85. The first-order valence-corrected chi connectivity index (χ1v) is 9.99. The van der Waals surface area contributed by atoms with E-state index >= 15 is 0 Å². The maximum atomic E-state index is 13.0. The lowest BCUT2D eigenvalue weighted by molar-refractivity contribution is -0.162. The highest BCUT2D eigenvalue weighted by Gasteiger charge is 2.40. The number of hydrogen-bond acceptors (Lipinski definition) is 4. The number of morpholine rings is 1. The molecule has 30 heavy (non-hydrogen) atoms. The predicted molar refractivity (Wildman–Crippen MR) is 114 cm³/mol. The van der Waals surface area contributed by atoms with E-state index in [0.717, 1.165) is 33.5 Å². The molecule has 156 valence electrons. The van der Waals surface area contributed by atoms with Crippen LogP contribution in [0.1, 0.15) is 28.6 Å². The van der Waals surface area contributed by atoms with Crippen molar-refractivity contribution in [1.82, 2.24) is 19.8 Å². The molecule has 2 heterocycles. The van der Waals surface area contributed by atoms with E-state index in [2.05, 4.69) is 10.3 Å². The van der Waals surface area contributed by atoms with Crippen molar-refractivity contribution in [1.29, 1.82) is 0 Å². The van der Waals surface area contributed by atoms with Crippen molar-refractivity contribution in [3.63, 3.8) is 0 Å². The van der Waals surface area contributed by atoms with Crippen molar-refractivity contribution in [3.8, 4) is 0 Å². The Bertz CT molecular complexity index is 1120. The maximum absolute atomic E-state index is 13.0. The van der Waals surface area contributed by atoms with Gasteiger partial charge in [-0.1, -0.05) is 30.3 Å². The van der Waals surface area contributed by atoms with Gasteiger partial charge in [-0.25, -0.2) is 4.98 Å². The number of nitrogens with one attached hydrogen (secondary N) is 1. The second-order valence-corrected chi connectivity index (χ2v) is 7.80. The third-order valence-corrected chi connectivity index (χ3v) is 5.88. The number of aryl methyl sites for hydroxylation is 3. The van der Waals surface area contributed by atoms with Crippen molar-refractivity contribution in [2.24, 2.45) is 7.05 Å². The van der Waals surface area contributed by atoms with Gasteiger partial charge in [0, 0.05) is 20.6 Å². The van der Waals surface area contributed by atoms with Crippen molar-refractivity contribution in [2.75, 3.05) is 13.7 Å². The lowest BCUT2D eigenvalue weighted by Gasteiger charge is -2.38. The minimum Gasteiger partial charge on any atom is -0.356 e. The van der Waals surface area contributed by atoms with E-state index in [-0.39, 0.29) is 18.4 Å². The van der Waals surface area contributed by atoms with Crippen LogP contribution in [0.2, 0.25) is 0 Å². The Hall–Kier alpha value is -3.19. The first kappa shape index (κ1) is 20.1. The largest absolute Gasteiger partial charge is 0.356 e. The molecule has 1 aromatic heterocycles. The van der Waals surface area contributed by atoms with Gasteiger partial charge in [0.25, 0.3) is 5.91 Å². The van der Waals surface area contributed by atoms with E-state index in [9.17, 15) is 9.59 Å². The summed E-state index contributed by atoms with van der Waals surface area (Å²) in [6.07, 6.45) is -0.769. The number of carbonyl (C=O) groups excluding carboxylic acids is 2. The van der Waals surface area contributed by atoms with Crippen LogP contribution in [0.25, 0.3) is 11.0 Å². The van der Waals surface area contributed by atoms with Crippen LogP contribution in [0.5, 0.6) is 0 Å². The molecule has 1 saturated heterocycles. The summed E-state index contributed by atoms with van der Waals surface area (Å²) in [6.45, 7) is 4.20. The summed E-state index contributed by atoms with van der Waals surface area (Å²) in [5, 5.41) is 2.97. The molecule has 0 aliphatic carbocycles. The number of likely N-dealkylation sites (N-methyl/N-ethyl adjacent to an activating group) is 1. The average molecular weight is 406 g/mol.